The summed E-state index contributed by atoms with van der Waals surface area (Å²) in [5.74, 6) is -0.766. The van der Waals surface area contributed by atoms with Crippen LogP contribution in [0.2, 0.25) is 0 Å². The number of aromatic nitrogens is 1. The van der Waals surface area contributed by atoms with Gasteiger partial charge in [0.15, 0.2) is 11.6 Å². The van der Waals surface area contributed by atoms with Gasteiger partial charge in [0, 0.05) is 17.0 Å². The van der Waals surface area contributed by atoms with Crippen LogP contribution >= 0.6 is 0 Å². The number of likely N-dealkylation sites (N-methyl/N-ethyl adjacent to an activating group) is 1. The van der Waals surface area contributed by atoms with Crippen molar-refractivity contribution >= 4 is 10.8 Å². The smallest absolute Gasteiger partial charge is 0.221 e. The number of nitrogens with zero attached hydrogens (tertiary/aromatic N) is 2. The van der Waals surface area contributed by atoms with Crippen molar-refractivity contribution in [2.45, 2.75) is 25.6 Å². The number of ether oxygens (including phenoxy) is 3. The lowest BCUT2D eigenvalue weighted by molar-refractivity contribution is 0.0270. The Morgan fingerprint density at radius 1 is 1.07 bits per heavy atom. The molecule has 7 heteroatoms. The molecule has 1 aliphatic heterocycles. The summed E-state index contributed by atoms with van der Waals surface area (Å²) in [6.07, 6.45) is 0. The molecule has 1 aromatic heterocycles. The molecule has 0 saturated carbocycles. The van der Waals surface area contributed by atoms with Crippen molar-refractivity contribution in [3.63, 3.8) is 0 Å². The van der Waals surface area contributed by atoms with Gasteiger partial charge in [-0.05, 0) is 49.2 Å². The van der Waals surface area contributed by atoms with Crippen LogP contribution in [-0.2, 0) is 11.3 Å². The van der Waals surface area contributed by atoms with E-state index in [0.29, 0.717) is 29.7 Å². The minimum Gasteiger partial charge on any atom is -0.497 e. The van der Waals surface area contributed by atoms with Gasteiger partial charge >= 0.3 is 0 Å². The molecule has 2 heterocycles. The average molecular weight is 414 g/mol. The van der Waals surface area contributed by atoms with Gasteiger partial charge in [0.2, 0.25) is 5.88 Å². The summed E-state index contributed by atoms with van der Waals surface area (Å²) >= 11 is 0. The first kappa shape index (κ1) is 20.5. The Kier molecular flexibility index (Phi) is 5.58. The molecule has 2 aromatic carbocycles. The molecule has 5 nitrogen and oxygen atoms in total. The molecule has 0 bridgehead atoms. The maximum absolute atomic E-state index is 14.2. The minimum atomic E-state index is -0.925. The zero-order valence-corrected chi connectivity index (χ0v) is 17.4. The second kappa shape index (κ2) is 8.16. The number of rotatable bonds is 5. The Balaban J connectivity index is 1.80. The third-order valence-corrected chi connectivity index (χ3v) is 5.87. The molecule has 2 atom stereocenters. The van der Waals surface area contributed by atoms with Gasteiger partial charge in [-0.1, -0.05) is 12.1 Å². The number of fused-ring (bicyclic) bond motifs is 3. The zero-order valence-electron chi connectivity index (χ0n) is 17.4. The predicted octanol–water partition coefficient (Wildman–Crippen LogP) is 4.79. The maximum atomic E-state index is 14.2. The molecule has 0 saturated heterocycles. The van der Waals surface area contributed by atoms with Crippen molar-refractivity contribution < 1.29 is 23.0 Å². The van der Waals surface area contributed by atoms with Crippen molar-refractivity contribution in [1.29, 1.82) is 0 Å². The van der Waals surface area contributed by atoms with Crippen LogP contribution in [0, 0.1) is 11.6 Å². The van der Waals surface area contributed by atoms with E-state index in [0.717, 1.165) is 22.9 Å². The highest BCUT2D eigenvalue weighted by Crippen LogP contribution is 2.40. The van der Waals surface area contributed by atoms with E-state index in [1.54, 1.807) is 7.11 Å². The van der Waals surface area contributed by atoms with Gasteiger partial charge in [-0.3, -0.25) is 4.90 Å². The highest BCUT2D eigenvalue weighted by molar-refractivity contribution is 5.91. The van der Waals surface area contributed by atoms with Crippen LogP contribution in [0.25, 0.3) is 10.8 Å². The SMILES string of the molecule is COc1ccc([C@@H](C)N(C)[C@@H]2COCc3nc(OC)c4cc(F)c(F)cc4c32)cc1. The van der Waals surface area contributed by atoms with E-state index in [1.165, 1.54) is 13.2 Å². The fraction of sp³-hybridized carbons (Fsp3) is 0.348. The van der Waals surface area contributed by atoms with E-state index >= 15 is 0 Å². The first-order valence-corrected chi connectivity index (χ1v) is 9.73. The molecule has 3 aromatic rings. The lowest BCUT2D eigenvalue weighted by Crippen LogP contribution is -2.34. The van der Waals surface area contributed by atoms with Crippen LogP contribution in [0.1, 0.15) is 35.8 Å². The Labute approximate surface area is 174 Å². The summed E-state index contributed by atoms with van der Waals surface area (Å²) in [6.45, 7) is 2.81. The largest absolute Gasteiger partial charge is 0.497 e. The molecule has 0 unspecified atom stereocenters. The maximum Gasteiger partial charge on any atom is 0.221 e. The molecule has 0 amide bonds. The molecular weight excluding hydrogens is 390 g/mol. The molecule has 0 radical (unpaired) electrons. The van der Waals surface area contributed by atoms with Crippen LogP contribution in [-0.4, -0.2) is 37.8 Å². The summed E-state index contributed by atoms with van der Waals surface area (Å²) in [5.41, 5.74) is 2.63. The summed E-state index contributed by atoms with van der Waals surface area (Å²) in [6, 6.07) is 10.1. The number of hydrogen-bond donors (Lipinski definition) is 0. The Morgan fingerprint density at radius 2 is 1.73 bits per heavy atom. The van der Waals surface area contributed by atoms with E-state index in [1.807, 2.05) is 31.3 Å². The average Bonchev–Trinajstić information content (AvgIpc) is 2.78. The van der Waals surface area contributed by atoms with Crippen LogP contribution in [0.5, 0.6) is 11.6 Å². The first-order valence-electron chi connectivity index (χ1n) is 9.73. The standard InChI is InChI=1S/C23H24F2N2O3/c1-13(14-5-7-15(28-3)8-6-14)27(2)21-12-30-11-20-22(21)16-9-18(24)19(25)10-17(16)23(26-20)29-4/h5-10,13,21H,11-12H2,1-4H3/t13-,21-/m1/s1. The van der Waals surface area contributed by atoms with Crippen LogP contribution < -0.4 is 9.47 Å². The molecule has 0 aliphatic carbocycles. The second-order valence-electron chi connectivity index (χ2n) is 7.44. The van der Waals surface area contributed by atoms with E-state index in [-0.39, 0.29) is 18.0 Å². The van der Waals surface area contributed by atoms with Gasteiger partial charge in [-0.25, -0.2) is 13.8 Å². The van der Waals surface area contributed by atoms with Crippen molar-refractivity contribution in [3.8, 4) is 11.6 Å². The van der Waals surface area contributed by atoms with Gasteiger partial charge < -0.3 is 14.2 Å². The van der Waals surface area contributed by atoms with Crippen molar-refractivity contribution in [3.05, 3.63) is 64.9 Å². The van der Waals surface area contributed by atoms with Gasteiger partial charge in [-0.2, -0.15) is 0 Å². The number of hydrogen-bond acceptors (Lipinski definition) is 5. The van der Waals surface area contributed by atoms with Gasteiger partial charge in [0.05, 0.1) is 39.2 Å². The number of methoxy groups -OCH3 is 2. The van der Waals surface area contributed by atoms with Gasteiger partial charge in [0.1, 0.15) is 5.75 Å². The number of benzene rings is 2. The molecule has 0 fully saturated rings. The molecule has 158 valence electrons. The normalized spacial score (nSPS) is 17.1. The third-order valence-electron chi connectivity index (χ3n) is 5.87. The highest BCUT2D eigenvalue weighted by atomic mass is 19.2. The third kappa shape index (κ3) is 3.48. The van der Waals surface area contributed by atoms with Gasteiger partial charge in [-0.15, -0.1) is 0 Å². The van der Waals surface area contributed by atoms with Crippen LogP contribution in [0.4, 0.5) is 8.78 Å². The van der Waals surface area contributed by atoms with E-state index in [9.17, 15) is 8.78 Å². The molecule has 0 N–H and O–H groups in total. The highest BCUT2D eigenvalue weighted by Gasteiger charge is 2.32. The van der Waals surface area contributed by atoms with Crippen LogP contribution in [0.15, 0.2) is 36.4 Å². The van der Waals surface area contributed by atoms with Crippen molar-refractivity contribution in [2.24, 2.45) is 0 Å². The Morgan fingerprint density at radius 3 is 2.37 bits per heavy atom. The first-order chi connectivity index (χ1) is 14.4. The quantitative estimate of drug-likeness (QED) is 0.600. The number of pyridine rings is 1. The second-order valence-corrected chi connectivity index (χ2v) is 7.44. The van der Waals surface area contributed by atoms with Gasteiger partial charge in [0.25, 0.3) is 0 Å². The molecular formula is C23H24F2N2O3. The zero-order chi connectivity index (χ0) is 21.4. The predicted molar refractivity (Wildman–Crippen MR) is 110 cm³/mol. The summed E-state index contributed by atoms with van der Waals surface area (Å²) in [7, 11) is 5.09. The molecule has 30 heavy (non-hydrogen) atoms. The Hall–Kier alpha value is -2.77. The molecule has 4 rings (SSSR count). The van der Waals surface area contributed by atoms with E-state index < -0.39 is 11.6 Å². The molecule has 1 aliphatic rings. The monoisotopic (exact) mass is 414 g/mol. The van der Waals surface area contributed by atoms with E-state index in [4.69, 9.17) is 14.2 Å². The fourth-order valence-electron chi connectivity index (χ4n) is 4.04. The van der Waals surface area contributed by atoms with Crippen molar-refractivity contribution in [2.75, 3.05) is 27.9 Å². The lowest BCUT2D eigenvalue weighted by Gasteiger charge is -2.37. The molecule has 0 spiro atoms. The summed E-state index contributed by atoms with van der Waals surface area (Å²) in [4.78, 5) is 6.70. The minimum absolute atomic E-state index is 0.0397. The van der Waals surface area contributed by atoms with Crippen molar-refractivity contribution in [1.82, 2.24) is 9.88 Å². The topological polar surface area (TPSA) is 43.8 Å². The lowest BCUT2D eigenvalue weighted by atomic mass is 9.93. The fourth-order valence-corrected chi connectivity index (χ4v) is 4.04. The van der Waals surface area contributed by atoms with Crippen LogP contribution in [0.3, 0.4) is 0 Å². The number of halogens is 2. The van der Waals surface area contributed by atoms with E-state index in [2.05, 4.69) is 16.8 Å². The summed E-state index contributed by atoms with van der Waals surface area (Å²) in [5, 5.41) is 1.05. The summed E-state index contributed by atoms with van der Waals surface area (Å²) < 4.78 is 44.5. The Bertz CT molecular complexity index is 1070.